The molecule has 168 valence electrons. The van der Waals surface area contributed by atoms with E-state index >= 15 is 0 Å². The highest BCUT2D eigenvalue weighted by Gasteiger charge is 2.24. The molecule has 0 bridgehead atoms. The molecule has 1 atom stereocenters. The third-order valence-corrected chi connectivity index (χ3v) is 5.12. The molecule has 0 N–H and O–H groups in total. The number of hydrogen-bond donors (Lipinski definition) is 0. The number of aryl methyl sites for hydroxylation is 2. The van der Waals surface area contributed by atoms with E-state index in [1.54, 1.807) is 20.2 Å². The summed E-state index contributed by atoms with van der Waals surface area (Å²) >= 11 is 0. The molecule has 1 aromatic heterocycles. The van der Waals surface area contributed by atoms with E-state index in [1.807, 2.05) is 25.5 Å². The zero-order valence-corrected chi connectivity index (χ0v) is 20.2. The fraction of sp³-hybridized carbons (Fsp3) is 0.480. The van der Waals surface area contributed by atoms with E-state index in [0.29, 0.717) is 12.3 Å². The largest absolute Gasteiger partial charge is 0.452 e. The number of aliphatic imine (C=N–C) groups is 1. The lowest BCUT2D eigenvalue weighted by Crippen LogP contribution is -2.18. The van der Waals surface area contributed by atoms with Gasteiger partial charge in [-0.1, -0.05) is 45.0 Å². The van der Waals surface area contributed by atoms with E-state index in [9.17, 15) is 4.79 Å². The Labute approximate surface area is 186 Å². The number of benzene rings is 1. The SMILES string of the molecule is CCn1nc(C)c(C)c1/C(OC(C)OC(C)=O)=C(\C=N\C)c1ccc(C(C)(C)C)cc1. The van der Waals surface area contributed by atoms with Crippen LogP contribution in [-0.4, -0.2) is 35.3 Å². The lowest BCUT2D eigenvalue weighted by molar-refractivity contribution is -0.161. The van der Waals surface area contributed by atoms with Gasteiger partial charge in [-0.25, -0.2) is 0 Å². The lowest BCUT2D eigenvalue weighted by atomic mass is 9.86. The van der Waals surface area contributed by atoms with Crippen LogP contribution in [0, 0.1) is 13.8 Å². The van der Waals surface area contributed by atoms with Crippen molar-refractivity contribution in [2.45, 2.75) is 73.6 Å². The van der Waals surface area contributed by atoms with Crippen LogP contribution in [0.15, 0.2) is 29.3 Å². The molecule has 0 aliphatic heterocycles. The number of carbonyl (C=O) groups excluding carboxylic acids is 1. The summed E-state index contributed by atoms with van der Waals surface area (Å²) in [5.41, 5.74) is 5.86. The average Bonchev–Trinajstić information content (AvgIpc) is 2.97. The Morgan fingerprint density at radius 1 is 1.19 bits per heavy atom. The first-order chi connectivity index (χ1) is 14.5. The monoisotopic (exact) mass is 425 g/mol. The van der Waals surface area contributed by atoms with Gasteiger partial charge >= 0.3 is 5.97 Å². The molecule has 6 heteroatoms. The highest BCUT2D eigenvalue weighted by atomic mass is 16.7. The molecule has 0 saturated carbocycles. The quantitative estimate of drug-likeness (QED) is 0.261. The van der Waals surface area contributed by atoms with Crippen LogP contribution in [0.3, 0.4) is 0 Å². The van der Waals surface area contributed by atoms with Gasteiger partial charge in [-0.3, -0.25) is 14.5 Å². The molecular weight excluding hydrogens is 390 g/mol. The highest BCUT2D eigenvalue weighted by Crippen LogP contribution is 2.32. The van der Waals surface area contributed by atoms with Crippen molar-refractivity contribution in [3.63, 3.8) is 0 Å². The van der Waals surface area contributed by atoms with E-state index in [1.165, 1.54) is 12.5 Å². The summed E-state index contributed by atoms with van der Waals surface area (Å²) < 4.78 is 13.4. The van der Waals surface area contributed by atoms with Gasteiger partial charge in [0, 0.05) is 44.8 Å². The summed E-state index contributed by atoms with van der Waals surface area (Å²) in [5.74, 6) is 0.187. The highest BCUT2D eigenvalue weighted by molar-refractivity contribution is 6.18. The third-order valence-electron chi connectivity index (χ3n) is 5.12. The fourth-order valence-electron chi connectivity index (χ4n) is 3.40. The Hall–Kier alpha value is -2.89. The minimum atomic E-state index is -0.762. The van der Waals surface area contributed by atoms with Crippen molar-refractivity contribution in [2.75, 3.05) is 7.05 Å². The van der Waals surface area contributed by atoms with Crippen LogP contribution in [0.25, 0.3) is 11.3 Å². The molecule has 0 aliphatic carbocycles. The van der Waals surface area contributed by atoms with Crippen LogP contribution < -0.4 is 0 Å². The van der Waals surface area contributed by atoms with E-state index < -0.39 is 12.3 Å². The van der Waals surface area contributed by atoms with Crippen molar-refractivity contribution < 1.29 is 14.3 Å². The van der Waals surface area contributed by atoms with Crippen molar-refractivity contribution >= 4 is 23.5 Å². The topological polar surface area (TPSA) is 65.7 Å². The Bertz CT molecular complexity index is 977. The number of carbonyl (C=O) groups is 1. The first-order valence-electron chi connectivity index (χ1n) is 10.6. The second kappa shape index (κ2) is 9.94. The van der Waals surface area contributed by atoms with Crippen LogP contribution in [-0.2, 0) is 26.2 Å². The van der Waals surface area contributed by atoms with E-state index in [4.69, 9.17) is 9.47 Å². The Morgan fingerprint density at radius 2 is 1.81 bits per heavy atom. The summed E-state index contributed by atoms with van der Waals surface area (Å²) in [7, 11) is 1.73. The van der Waals surface area contributed by atoms with Gasteiger partial charge in [0.15, 0.2) is 5.76 Å². The number of aromatic nitrogens is 2. The second-order valence-corrected chi connectivity index (χ2v) is 8.63. The predicted molar refractivity (Wildman–Crippen MR) is 126 cm³/mol. The van der Waals surface area contributed by atoms with Gasteiger partial charge in [0.25, 0.3) is 0 Å². The van der Waals surface area contributed by atoms with Crippen molar-refractivity contribution in [3.05, 3.63) is 52.3 Å². The Morgan fingerprint density at radius 3 is 2.29 bits per heavy atom. The molecule has 2 rings (SSSR count). The number of esters is 1. The number of rotatable bonds is 7. The van der Waals surface area contributed by atoms with Gasteiger partial charge in [-0.2, -0.15) is 5.10 Å². The molecule has 0 radical (unpaired) electrons. The second-order valence-electron chi connectivity index (χ2n) is 8.63. The Balaban J connectivity index is 2.76. The van der Waals surface area contributed by atoms with E-state index in [-0.39, 0.29) is 5.41 Å². The van der Waals surface area contributed by atoms with Gasteiger partial charge in [0.2, 0.25) is 6.29 Å². The van der Waals surface area contributed by atoms with Crippen LogP contribution in [0.2, 0.25) is 0 Å². The fourth-order valence-corrected chi connectivity index (χ4v) is 3.40. The van der Waals surface area contributed by atoms with Crippen molar-refractivity contribution in [3.8, 4) is 0 Å². The predicted octanol–water partition coefficient (Wildman–Crippen LogP) is 5.31. The van der Waals surface area contributed by atoms with Crippen molar-refractivity contribution in [1.29, 1.82) is 0 Å². The molecule has 1 aromatic carbocycles. The molecular formula is C25H35N3O3. The number of hydrogen-bond acceptors (Lipinski definition) is 5. The first kappa shape index (κ1) is 24.4. The van der Waals surface area contributed by atoms with Gasteiger partial charge in [0.1, 0.15) is 5.69 Å². The minimum Gasteiger partial charge on any atom is -0.452 e. The van der Waals surface area contributed by atoms with Crippen LogP contribution >= 0.6 is 0 Å². The molecule has 0 amide bonds. The maximum Gasteiger partial charge on any atom is 0.305 e. The summed E-state index contributed by atoms with van der Waals surface area (Å²) in [4.78, 5) is 15.8. The van der Waals surface area contributed by atoms with Gasteiger partial charge in [-0.15, -0.1) is 0 Å². The molecule has 0 fully saturated rings. The maximum absolute atomic E-state index is 11.5. The maximum atomic E-state index is 11.5. The van der Waals surface area contributed by atoms with E-state index in [2.05, 4.69) is 55.1 Å². The van der Waals surface area contributed by atoms with Gasteiger partial charge in [-0.05, 0) is 37.3 Å². The number of ether oxygens (including phenoxy) is 2. The summed E-state index contributed by atoms with van der Waals surface area (Å²) in [6, 6.07) is 8.40. The van der Waals surface area contributed by atoms with Crippen molar-refractivity contribution in [1.82, 2.24) is 9.78 Å². The summed E-state index contributed by atoms with van der Waals surface area (Å²) in [6.45, 7) is 16.4. The zero-order chi connectivity index (χ0) is 23.3. The zero-order valence-electron chi connectivity index (χ0n) is 20.2. The number of nitrogens with zero attached hydrogens (tertiary/aromatic N) is 3. The normalized spacial score (nSPS) is 13.8. The van der Waals surface area contributed by atoms with Crippen LogP contribution in [0.4, 0.5) is 0 Å². The standard InChI is InChI=1S/C25H35N3O3/c1-10-28-23(16(2)17(3)27-28)24(31-19(5)30-18(4)29)22(15-26-9)20-11-13-21(14-12-20)25(6,7)8/h11-15,19H,10H2,1-9H3/b24-22-,26-15+. The molecule has 1 heterocycles. The molecule has 0 saturated heterocycles. The molecule has 0 aliphatic rings. The smallest absolute Gasteiger partial charge is 0.305 e. The van der Waals surface area contributed by atoms with Crippen LogP contribution in [0.5, 0.6) is 0 Å². The van der Waals surface area contributed by atoms with Gasteiger partial charge < -0.3 is 9.47 Å². The average molecular weight is 426 g/mol. The molecule has 31 heavy (non-hydrogen) atoms. The first-order valence-corrected chi connectivity index (χ1v) is 10.6. The molecule has 1 unspecified atom stereocenters. The summed E-state index contributed by atoms with van der Waals surface area (Å²) in [6.07, 6.45) is 1.02. The molecule has 0 spiro atoms. The number of allylic oxidation sites excluding steroid dienone is 1. The van der Waals surface area contributed by atoms with E-state index in [0.717, 1.165) is 28.1 Å². The molecule has 2 aromatic rings. The van der Waals surface area contributed by atoms with Crippen molar-refractivity contribution in [2.24, 2.45) is 4.99 Å². The third kappa shape index (κ3) is 5.84. The van der Waals surface area contributed by atoms with Crippen LogP contribution in [0.1, 0.15) is 69.6 Å². The Kier molecular flexibility index (Phi) is 7.82. The lowest BCUT2D eigenvalue weighted by Gasteiger charge is -2.22. The summed E-state index contributed by atoms with van der Waals surface area (Å²) in [5, 5.41) is 4.65. The minimum absolute atomic E-state index is 0.0545. The van der Waals surface area contributed by atoms with Gasteiger partial charge in [0.05, 0.1) is 5.69 Å². The molecule has 6 nitrogen and oxygen atoms in total.